The highest BCUT2D eigenvalue weighted by atomic mass is 31.2. The van der Waals surface area contributed by atoms with Gasteiger partial charge in [0.15, 0.2) is 0 Å². The molecule has 0 unspecified atom stereocenters. The van der Waals surface area contributed by atoms with Crippen molar-refractivity contribution in [2.24, 2.45) is 0 Å². The number of carbonyl (C=O) groups is 1. The molecule has 0 aromatic heterocycles. The maximum absolute atomic E-state index is 12.8. The Morgan fingerprint density at radius 1 is 1.11 bits per heavy atom. The first-order valence-corrected chi connectivity index (χ1v) is 8.47. The van der Waals surface area contributed by atoms with Gasteiger partial charge in [-0.25, -0.2) is 0 Å². The average Bonchev–Trinajstić information content (AvgIpc) is 3.11. The van der Waals surface area contributed by atoms with E-state index in [9.17, 15) is 9.36 Å². The number of hydrogen-bond donors (Lipinski definition) is 0. The smallest absolute Gasteiger partial charge is 0.308 e. The third-order valence-electron chi connectivity index (χ3n) is 3.42. The highest BCUT2D eigenvalue weighted by molar-refractivity contribution is 7.57. The van der Waals surface area contributed by atoms with Crippen molar-refractivity contribution >= 4 is 13.4 Å². The van der Waals surface area contributed by atoms with Crippen molar-refractivity contribution in [2.45, 2.75) is 64.5 Å². The van der Waals surface area contributed by atoms with Crippen molar-refractivity contribution in [3.05, 3.63) is 0 Å². The second-order valence-electron chi connectivity index (χ2n) is 4.96. The molecule has 1 saturated carbocycles. The van der Waals surface area contributed by atoms with Gasteiger partial charge in [0.1, 0.15) is 10.9 Å². The minimum Gasteiger partial charge on any atom is -0.308 e. The number of Topliss-reactive ketones (excluding diaryl/α,β-unsaturated/α-hetero) is 1. The maximum atomic E-state index is 12.8. The monoisotopic (exact) mass is 276 g/mol. The molecule has 0 N–H and O–H groups in total. The maximum Gasteiger partial charge on any atom is 0.344 e. The molecule has 0 heterocycles. The van der Waals surface area contributed by atoms with Crippen molar-refractivity contribution in [3.8, 4) is 0 Å². The van der Waals surface area contributed by atoms with Crippen LogP contribution in [0.15, 0.2) is 0 Å². The zero-order valence-corrected chi connectivity index (χ0v) is 12.6. The van der Waals surface area contributed by atoms with Gasteiger partial charge in [-0.1, -0.05) is 26.7 Å². The fourth-order valence-electron chi connectivity index (χ4n) is 1.88. The van der Waals surface area contributed by atoms with E-state index in [2.05, 4.69) is 0 Å². The van der Waals surface area contributed by atoms with Crippen LogP contribution in [0.25, 0.3) is 0 Å². The van der Waals surface area contributed by atoms with Gasteiger partial charge in [-0.3, -0.25) is 9.36 Å². The van der Waals surface area contributed by atoms with E-state index in [-0.39, 0.29) is 5.78 Å². The van der Waals surface area contributed by atoms with Crippen molar-refractivity contribution in [1.82, 2.24) is 0 Å². The Morgan fingerprint density at radius 2 is 1.56 bits per heavy atom. The summed E-state index contributed by atoms with van der Waals surface area (Å²) < 4.78 is 23.9. The van der Waals surface area contributed by atoms with Gasteiger partial charge < -0.3 is 9.05 Å². The summed E-state index contributed by atoms with van der Waals surface area (Å²) in [6.45, 7) is 6.41. The van der Waals surface area contributed by atoms with Crippen LogP contribution in [0.4, 0.5) is 0 Å². The van der Waals surface area contributed by atoms with Crippen LogP contribution in [-0.4, -0.2) is 24.2 Å². The van der Waals surface area contributed by atoms with Gasteiger partial charge in [0.05, 0.1) is 13.2 Å². The van der Waals surface area contributed by atoms with Crippen LogP contribution in [0.1, 0.15) is 59.3 Å². The molecule has 0 amide bonds. The lowest BCUT2D eigenvalue weighted by Crippen LogP contribution is -2.23. The summed E-state index contributed by atoms with van der Waals surface area (Å²) in [4.78, 5) is 11.7. The van der Waals surface area contributed by atoms with E-state index in [1.807, 2.05) is 13.8 Å². The van der Waals surface area contributed by atoms with Crippen LogP contribution >= 0.6 is 7.60 Å². The molecule has 1 aliphatic carbocycles. The molecule has 0 atom stereocenters. The Kier molecular flexibility index (Phi) is 6.03. The topological polar surface area (TPSA) is 52.6 Å². The van der Waals surface area contributed by atoms with Gasteiger partial charge in [-0.2, -0.15) is 0 Å². The molecule has 0 spiro atoms. The molecular formula is C13H25O4P. The molecule has 1 aliphatic rings. The first kappa shape index (κ1) is 15.9. The Bertz CT molecular complexity index is 309. The fraction of sp³-hybridized carbons (Fsp3) is 0.923. The molecule has 0 aliphatic heterocycles. The predicted molar refractivity (Wildman–Crippen MR) is 72.0 cm³/mol. The largest absolute Gasteiger partial charge is 0.344 e. The molecule has 1 fully saturated rings. The van der Waals surface area contributed by atoms with E-state index in [0.29, 0.717) is 26.1 Å². The third kappa shape index (κ3) is 3.43. The number of ketones is 1. The molecule has 0 saturated heterocycles. The van der Waals surface area contributed by atoms with E-state index in [0.717, 1.165) is 25.7 Å². The summed E-state index contributed by atoms with van der Waals surface area (Å²) >= 11 is 0. The minimum atomic E-state index is -3.28. The Labute approximate surface area is 110 Å². The van der Waals surface area contributed by atoms with Crippen molar-refractivity contribution in [1.29, 1.82) is 0 Å². The lowest BCUT2D eigenvalue weighted by molar-refractivity contribution is -0.117. The van der Waals surface area contributed by atoms with Gasteiger partial charge >= 0.3 is 7.60 Å². The molecule has 0 radical (unpaired) electrons. The van der Waals surface area contributed by atoms with Crippen LogP contribution in [0.2, 0.25) is 0 Å². The summed E-state index contributed by atoms with van der Waals surface area (Å²) in [6, 6.07) is 0. The first-order valence-electron chi connectivity index (χ1n) is 6.92. The molecular weight excluding hydrogens is 251 g/mol. The number of hydrogen-bond acceptors (Lipinski definition) is 4. The van der Waals surface area contributed by atoms with E-state index < -0.39 is 12.8 Å². The summed E-state index contributed by atoms with van der Waals surface area (Å²) in [5.41, 5.74) is 0. The molecule has 5 heteroatoms. The van der Waals surface area contributed by atoms with Crippen LogP contribution < -0.4 is 0 Å². The van der Waals surface area contributed by atoms with Gasteiger partial charge in [0.2, 0.25) is 0 Å². The summed E-state index contributed by atoms with van der Waals surface area (Å²) in [5.74, 6) is -0.0566. The lowest BCUT2D eigenvalue weighted by atomic mass is 10.3. The van der Waals surface area contributed by atoms with Crippen LogP contribution in [0, 0.1) is 0 Å². The van der Waals surface area contributed by atoms with E-state index in [1.54, 1.807) is 0 Å². The molecule has 4 nitrogen and oxygen atoms in total. The quantitative estimate of drug-likeness (QED) is 0.448. The SMILES string of the molecule is CCCCOP(=O)(OCCCC)C1(C(C)=O)CC1. The molecule has 18 heavy (non-hydrogen) atoms. The highest BCUT2D eigenvalue weighted by Crippen LogP contribution is 2.71. The van der Waals surface area contributed by atoms with E-state index >= 15 is 0 Å². The Balaban J connectivity index is 2.68. The molecule has 106 valence electrons. The average molecular weight is 276 g/mol. The van der Waals surface area contributed by atoms with Crippen molar-refractivity contribution < 1.29 is 18.4 Å². The summed E-state index contributed by atoms with van der Waals surface area (Å²) in [5, 5.41) is -0.825. The Morgan fingerprint density at radius 3 is 1.83 bits per heavy atom. The van der Waals surface area contributed by atoms with Crippen LogP contribution in [-0.2, 0) is 18.4 Å². The normalized spacial score (nSPS) is 17.7. The second kappa shape index (κ2) is 6.83. The van der Waals surface area contributed by atoms with Crippen LogP contribution in [0.5, 0.6) is 0 Å². The highest BCUT2D eigenvalue weighted by Gasteiger charge is 2.63. The zero-order valence-electron chi connectivity index (χ0n) is 11.7. The molecule has 0 aromatic carbocycles. The zero-order chi connectivity index (χ0) is 13.6. The van der Waals surface area contributed by atoms with E-state index in [1.165, 1.54) is 6.92 Å². The van der Waals surface area contributed by atoms with Gasteiger partial charge in [0.25, 0.3) is 0 Å². The molecule has 0 bridgehead atoms. The predicted octanol–water partition coefficient (Wildman–Crippen LogP) is 3.93. The number of unbranched alkanes of at least 4 members (excludes halogenated alkanes) is 2. The standard InChI is InChI=1S/C13H25O4P/c1-4-6-10-16-18(15,17-11-7-5-2)13(8-9-13)12(3)14/h4-11H2,1-3H3. The lowest BCUT2D eigenvalue weighted by Gasteiger charge is -2.25. The third-order valence-corrected chi connectivity index (χ3v) is 6.28. The number of carbonyl (C=O) groups excluding carboxylic acids is 1. The second-order valence-corrected chi connectivity index (χ2v) is 7.33. The van der Waals surface area contributed by atoms with E-state index in [4.69, 9.17) is 9.05 Å². The first-order chi connectivity index (χ1) is 8.52. The number of rotatable bonds is 10. The van der Waals surface area contributed by atoms with Gasteiger partial charge in [-0.15, -0.1) is 0 Å². The van der Waals surface area contributed by atoms with Crippen molar-refractivity contribution in [3.63, 3.8) is 0 Å². The minimum absolute atomic E-state index is 0.0566. The van der Waals surface area contributed by atoms with Crippen molar-refractivity contribution in [2.75, 3.05) is 13.2 Å². The van der Waals surface area contributed by atoms with Gasteiger partial charge in [0, 0.05) is 0 Å². The summed E-state index contributed by atoms with van der Waals surface area (Å²) in [7, 11) is -3.28. The summed E-state index contributed by atoms with van der Waals surface area (Å²) in [6.07, 6.45) is 4.91. The molecule has 0 aromatic rings. The Hall–Kier alpha value is -0.180. The van der Waals surface area contributed by atoms with Gasteiger partial charge in [-0.05, 0) is 32.6 Å². The molecule has 1 rings (SSSR count). The van der Waals surface area contributed by atoms with Crippen LogP contribution in [0.3, 0.4) is 0 Å². The fourth-order valence-corrected chi connectivity index (χ4v) is 4.23.